The predicted molar refractivity (Wildman–Crippen MR) is 52.7 cm³/mol. The Morgan fingerprint density at radius 3 is 2.71 bits per heavy atom. The van der Waals surface area contributed by atoms with Crippen LogP contribution in [0.4, 0.5) is 13.2 Å². The highest BCUT2D eigenvalue weighted by Gasteiger charge is 2.55. The van der Waals surface area contributed by atoms with Gasteiger partial charge in [0.2, 0.25) is 5.70 Å². The maximum atomic E-state index is 12.9. The van der Waals surface area contributed by atoms with Crippen LogP contribution in [-0.2, 0) is 0 Å². The molecule has 1 atom stereocenters. The van der Waals surface area contributed by atoms with E-state index in [9.17, 15) is 23.3 Å². The number of β-amino-alcohol motifs (C(OH)–C–C–N with tert-alkyl or cyclic N) is 1. The second kappa shape index (κ2) is 4.84. The van der Waals surface area contributed by atoms with Gasteiger partial charge < -0.3 is 5.11 Å². The van der Waals surface area contributed by atoms with Crippen molar-refractivity contribution in [2.24, 2.45) is 0 Å². The molecule has 1 rings (SSSR count). The number of nitrogens with one attached hydrogen (secondary N) is 1. The van der Waals surface area contributed by atoms with Crippen molar-refractivity contribution in [2.45, 2.75) is 18.1 Å². The van der Waals surface area contributed by atoms with Crippen LogP contribution in [-0.4, -0.2) is 34.9 Å². The molecule has 96 valence electrons. The molecule has 0 saturated heterocycles. The fourth-order valence-electron chi connectivity index (χ4n) is 1.55. The van der Waals surface area contributed by atoms with Crippen LogP contribution in [0.25, 0.3) is 0 Å². The second-order valence-electron chi connectivity index (χ2n) is 3.57. The van der Waals surface area contributed by atoms with Crippen LogP contribution < -0.4 is 5.32 Å². The average molecular weight is 252 g/mol. The third-order valence-electron chi connectivity index (χ3n) is 2.42. The second-order valence-corrected chi connectivity index (χ2v) is 3.57. The third kappa shape index (κ3) is 2.83. The summed E-state index contributed by atoms with van der Waals surface area (Å²) in [5, 5.41) is 21.2. The van der Waals surface area contributed by atoms with E-state index >= 15 is 0 Å². The maximum Gasteiger partial charge on any atom is 0.410 e. The number of nitro groups is 1. The molecule has 1 aliphatic carbocycles. The first-order valence-corrected chi connectivity index (χ1v) is 4.78. The first-order chi connectivity index (χ1) is 7.82. The molecule has 5 nitrogen and oxygen atoms in total. The van der Waals surface area contributed by atoms with Crippen LogP contribution in [0.15, 0.2) is 23.9 Å². The van der Waals surface area contributed by atoms with E-state index in [-0.39, 0.29) is 6.54 Å². The Morgan fingerprint density at radius 2 is 2.24 bits per heavy atom. The van der Waals surface area contributed by atoms with Gasteiger partial charge in [0.05, 0.1) is 18.0 Å². The van der Waals surface area contributed by atoms with Gasteiger partial charge in [-0.3, -0.25) is 15.4 Å². The molecule has 2 N–H and O–H groups in total. The lowest BCUT2D eigenvalue weighted by molar-refractivity contribution is -0.431. The Kier molecular flexibility index (Phi) is 3.89. The van der Waals surface area contributed by atoms with Crippen molar-refractivity contribution in [3.63, 3.8) is 0 Å². The first-order valence-electron chi connectivity index (χ1n) is 4.78. The summed E-state index contributed by atoms with van der Waals surface area (Å²) >= 11 is 0. The summed E-state index contributed by atoms with van der Waals surface area (Å²) in [6.45, 7) is -0.780. The minimum Gasteiger partial charge on any atom is -0.395 e. The Morgan fingerprint density at radius 1 is 1.59 bits per heavy atom. The van der Waals surface area contributed by atoms with Crippen LogP contribution in [0.3, 0.4) is 0 Å². The summed E-state index contributed by atoms with van der Waals surface area (Å²) in [5.41, 5.74) is -3.00. The van der Waals surface area contributed by atoms with E-state index in [0.717, 1.165) is 18.2 Å². The van der Waals surface area contributed by atoms with Crippen LogP contribution in [0.5, 0.6) is 0 Å². The van der Waals surface area contributed by atoms with Crippen molar-refractivity contribution in [1.29, 1.82) is 0 Å². The first kappa shape index (κ1) is 13.7. The topological polar surface area (TPSA) is 75.4 Å². The minimum atomic E-state index is -4.67. The fourth-order valence-corrected chi connectivity index (χ4v) is 1.55. The Balaban J connectivity index is 2.99. The number of alkyl halides is 3. The van der Waals surface area contributed by atoms with Crippen molar-refractivity contribution in [2.75, 3.05) is 13.2 Å². The SMILES string of the molecule is O=[N+]([O-])C1=CC=CC(NCCO)(C(F)(F)F)C1. The zero-order valence-corrected chi connectivity index (χ0v) is 8.70. The van der Waals surface area contributed by atoms with Gasteiger partial charge >= 0.3 is 6.18 Å². The van der Waals surface area contributed by atoms with Gasteiger partial charge in [-0.05, 0) is 0 Å². The molecule has 0 spiro atoms. The molecule has 0 heterocycles. The summed E-state index contributed by atoms with van der Waals surface area (Å²) in [4.78, 5) is 9.66. The Labute approximate surface area is 94.8 Å². The normalized spacial score (nSPS) is 24.6. The quantitative estimate of drug-likeness (QED) is 0.578. The monoisotopic (exact) mass is 252 g/mol. The number of aliphatic hydroxyl groups excluding tert-OH is 1. The lowest BCUT2D eigenvalue weighted by atomic mass is 9.88. The molecule has 0 bridgehead atoms. The van der Waals surface area contributed by atoms with Crippen LogP contribution in [0, 0.1) is 10.1 Å². The molecular weight excluding hydrogens is 241 g/mol. The van der Waals surface area contributed by atoms with Gasteiger partial charge in [-0.2, -0.15) is 13.2 Å². The standard InChI is InChI=1S/C9H11F3N2O3/c10-9(11,12)8(13-4-5-15)3-1-2-7(6-8)14(16)17/h1-3,13,15H,4-6H2. The average Bonchev–Trinajstić information content (AvgIpc) is 2.25. The molecule has 1 aliphatic rings. The van der Waals surface area contributed by atoms with Gasteiger partial charge in [-0.1, -0.05) is 12.2 Å². The van der Waals surface area contributed by atoms with E-state index in [2.05, 4.69) is 5.32 Å². The number of halogens is 3. The molecule has 1 unspecified atom stereocenters. The summed E-state index contributed by atoms with van der Waals surface area (Å²) in [7, 11) is 0. The van der Waals surface area contributed by atoms with Gasteiger partial charge in [-0.15, -0.1) is 0 Å². The van der Waals surface area contributed by atoms with E-state index < -0.39 is 35.4 Å². The van der Waals surface area contributed by atoms with E-state index in [4.69, 9.17) is 5.11 Å². The molecule has 0 aromatic rings. The fraction of sp³-hybridized carbons (Fsp3) is 0.556. The van der Waals surface area contributed by atoms with Gasteiger partial charge in [0.15, 0.2) is 0 Å². The van der Waals surface area contributed by atoms with Crippen molar-refractivity contribution in [3.05, 3.63) is 34.0 Å². The number of allylic oxidation sites excluding steroid dienone is 2. The van der Waals surface area contributed by atoms with Crippen molar-refractivity contribution in [3.8, 4) is 0 Å². The molecule has 17 heavy (non-hydrogen) atoms. The van der Waals surface area contributed by atoms with Gasteiger partial charge in [-0.25, -0.2) is 0 Å². The largest absolute Gasteiger partial charge is 0.410 e. The van der Waals surface area contributed by atoms with E-state index in [1.807, 2.05) is 0 Å². The zero-order chi connectivity index (χ0) is 13.1. The van der Waals surface area contributed by atoms with Crippen LogP contribution >= 0.6 is 0 Å². The number of nitrogens with zero attached hydrogens (tertiary/aromatic N) is 1. The van der Waals surface area contributed by atoms with Gasteiger partial charge in [0.1, 0.15) is 5.54 Å². The Hall–Kier alpha value is -1.41. The summed E-state index contributed by atoms with van der Waals surface area (Å²) < 4.78 is 38.7. The van der Waals surface area contributed by atoms with Gasteiger partial charge in [0, 0.05) is 12.6 Å². The Bertz CT molecular complexity index is 365. The summed E-state index contributed by atoms with van der Waals surface area (Å²) in [5.74, 6) is 0. The highest BCUT2D eigenvalue weighted by Crippen LogP contribution is 2.38. The smallest absolute Gasteiger partial charge is 0.395 e. The van der Waals surface area contributed by atoms with E-state index in [1.165, 1.54) is 0 Å². The van der Waals surface area contributed by atoms with Crippen molar-refractivity contribution >= 4 is 0 Å². The highest BCUT2D eigenvalue weighted by molar-refractivity contribution is 5.26. The molecule has 0 aromatic heterocycles. The maximum absolute atomic E-state index is 12.9. The van der Waals surface area contributed by atoms with Crippen LogP contribution in [0.1, 0.15) is 6.42 Å². The summed E-state index contributed by atoms with van der Waals surface area (Å²) in [6, 6.07) is 0. The molecule has 0 aromatic carbocycles. The summed E-state index contributed by atoms with van der Waals surface area (Å²) in [6.07, 6.45) is -2.60. The number of hydrogen-bond acceptors (Lipinski definition) is 4. The molecule has 8 heteroatoms. The highest BCUT2D eigenvalue weighted by atomic mass is 19.4. The lowest BCUT2D eigenvalue weighted by Crippen LogP contribution is -2.57. The molecule has 0 radical (unpaired) electrons. The predicted octanol–water partition coefficient (Wildman–Crippen LogP) is 0.990. The van der Waals surface area contributed by atoms with Crippen molar-refractivity contribution in [1.82, 2.24) is 5.32 Å². The minimum absolute atomic E-state index is 0.297. The lowest BCUT2D eigenvalue weighted by Gasteiger charge is -2.34. The molecular formula is C9H11F3N2O3. The third-order valence-corrected chi connectivity index (χ3v) is 2.42. The number of hydrogen-bond donors (Lipinski definition) is 2. The molecule has 0 aliphatic heterocycles. The number of rotatable bonds is 4. The van der Waals surface area contributed by atoms with Gasteiger partial charge in [0.25, 0.3) is 0 Å². The van der Waals surface area contributed by atoms with E-state index in [0.29, 0.717) is 0 Å². The van der Waals surface area contributed by atoms with Crippen LogP contribution in [0.2, 0.25) is 0 Å². The zero-order valence-electron chi connectivity index (χ0n) is 8.70. The molecule has 0 amide bonds. The number of aliphatic hydroxyl groups is 1. The van der Waals surface area contributed by atoms with E-state index in [1.54, 1.807) is 0 Å². The van der Waals surface area contributed by atoms with Crippen molar-refractivity contribution < 1.29 is 23.2 Å². The molecule has 0 fully saturated rings. The molecule has 0 saturated carbocycles.